The number of imidazole rings is 1. The van der Waals surface area contributed by atoms with E-state index >= 15 is 0 Å². The van der Waals surface area contributed by atoms with E-state index in [2.05, 4.69) is 30.6 Å². The van der Waals surface area contributed by atoms with Crippen LogP contribution in [-0.2, 0) is 19.3 Å². The van der Waals surface area contributed by atoms with Crippen LogP contribution in [-0.4, -0.2) is 30.1 Å². The summed E-state index contributed by atoms with van der Waals surface area (Å²) in [5.41, 5.74) is 1.57. The van der Waals surface area contributed by atoms with Crippen molar-refractivity contribution < 1.29 is 23.3 Å². The number of hydrogen-bond donors (Lipinski definition) is 4. The Labute approximate surface area is 178 Å². The van der Waals surface area contributed by atoms with Gasteiger partial charge in [-0.2, -0.15) is 23.1 Å². The number of halogens is 3. The molecule has 0 saturated heterocycles. The summed E-state index contributed by atoms with van der Waals surface area (Å²) in [5.74, 6) is 0.624. The number of aromatic amines is 1. The molecule has 0 amide bonds. The fourth-order valence-electron chi connectivity index (χ4n) is 3.00. The summed E-state index contributed by atoms with van der Waals surface area (Å²) in [7, 11) is 0. The van der Waals surface area contributed by atoms with E-state index in [0.29, 0.717) is 29.1 Å². The van der Waals surface area contributed by atoms with Gasteiger partial charge in [-0.1, -0.05) is 24.3 Å². The third-order valence-corrected chi connectivity index (χ3v) is 4.60. The molecule has 0 radical (unpaired) electrons. The molecule has 2 heterocycles. The van der Waals surface area contributed by atoms with Crippen LogP contribution in [0, 0.1) is 4.91 Å². The molecule has 32 heavy (non-hydrogen) atoms. The number of fused-ring (bicyclic) bond motifs is 1. The summed E-state index contributed by atoms with van der Waals surface area (Å²) in [6.07, 6.45) is -2.96. The Balaban J connectivity index is 1.50. The van der Waals surface area contributed by atoms with Crippen molar-refractivity contribution in [2.24, 2.45) is 0 Å². The van der Waals surface area contributed by atoms with Crippen molar-refractivity contribution in [3.8, 4) is 0 Å². The van der Waals surface area contributed by atoms with Crippen LogP contribution in [0.25, 0.3) is 11.2 Å². The van der Waals surface area contributed by atoms with E-state index in [1.807, 2.05) is 0 Å². The summed E-state index contributed by atoms with van der Waals surface area (Å²) >= 11 is 0. The van der Waals surface area contributed by atoms with Gasteiger partial charge in [-0.05, 0) is 23.3 Å². The summed E-state index contributed by atoms with van der Waals surface area (Å²) < 4.78 is 38.7. The van der Waals surface area contributed by atoms with Crippen LogP contribution >= 0.6 is 0 Å². The molecule has 2 aromatic heterocycles. The van der Waals surface area contributed by atoms with Gasteiger partial charge < -0.3 is 15.6 Å². The zero-order valence-electron chi connectivity index (χ0n) is 16.4. The Bertz CT molecular complexity index is 1260. The predicted octanol–water partition coefficient (Wildman–Crippen LogP) is 4.40. The number of benzene rings is 2. The number of nitrogens with zero attached hydrogens (tertiary/aromatic N) is 4. The van der Waals surface area contributed by atoms with Crippen LogP contribution in [0.1, 0.15) is 16.7 Å². The molecule has 0 bridgehead atoms. The molecule has 12 heteroatoms. The first kappa shape index (κ1) is 21.0. The number of H-pyrrole nitrogens is 1. The van der Waals surface area contributed by atoms with E-state index in [-0.39, 0.29) is 23.1 Å². The van der Waals surface area contributed by atoms with Crippen LogP contribution < -0.4 is 10.6 Å². The summed E-state index contributed by atoms with van der Waals surface area (Å²) in [5, 5.41) is 15.0. The molecule has 0 saturated carbocycles. The lowest BCUT2D eigenvalue weighted by molar-refractivity contribution is -0.729. The molecule has 0 spiro atoms. The number of aromatic nitrogens is 4. The molecule has 4 aromatic rings. The van der Waals surface area contributed by atoms with Gasteiger partial charge in [-0.25, -0.2) is 10.2 Å². The second-order valence-corrected chi connectivity index (χ2v) is 6.84. The maximum Gasteiger partial charge on any atom is 0.416 e. The Kier molecular flexibility index (Phi) is 5.58. The van der Waals surface area contributed by atoms with Crippen molar-refractivity contribution in [3.05, 3.63) is 76.5 Å². The second kappa shape index (κ2) is 8.49. The zero-order chi connectivity index (χ0) is 22.7. The third kappa shape index (κ3) is 4.74. The first-order valence-corrected chi connectivity index (χ1v) is 9.39. The predicted molar refractivity (Wildman–Crippen MR) is 109 cm³/mol. The molecule has 4 rings (SSSR count). The number of alkyl halides is 3. The van der Waals surface area contributed by atoms with Crippen molar-refractivity contribution in [2.45, 2.75) is 19.3 Å². The normalized spacial score (nSPS) is 11.5. The molecular formula is C20H17F3N7O2+. The fourth-order valence-corrected chi connectivity index (χ4v) is 3.00. The number of hydrogen-bond acceptors (Lipinski definition) is 6. The minimum atomic E-state index is -4.42. The van der Waals surface area contributed by atoms with Gasteiger partial charge in [-0.15, -0.1) is 0 Å². The average Bonchev–Trinajstić information content (AvgIpc) is 3.25. The SMILES string of the molecule is O=[N+](O)c1ccc(CNc2nc(NCc3cccc(C(F)(F)F)c3)nc3[nH]cnc23)cc1. The van der Waals surface area contributed by atoms with E-state index < -0.39 is 11.7 Å². The summed E-state index contributed by atoms with van der Waals surface area (Å²) in [6.45, 7) is 0.438. The van der Waals surface area contributed by atoms with E-state index in [9.17, 15) is 18.1 Å². The molecule has 0 aliphatic heterocycles. The average molecular weight is 444 g/mol. The van der Waals surface area contributed by atoms with Crippen LogP contribution in [0.4, 0.5) is 30.6 Å². The van der Waals surface area contributed by atoms with Crippen LogP contribution in [0.5, 0.6) is 0 Å². The molecule has 9 nitrogen and oxygen atoms in total. The largest absolute Gasteiger partial charge is 0.416 e. The van der Waals surface area contributed by atoms with Gasteiger partial charge in [-0.3, -0.25) is 0 Å². The van der Waals surface area contributed by atoms with E-state index in [1.165, 1.54) is 24.5 Å². The zero-order valence-corrected chi connectivity index (χ0v) is 16.4. The van der Waals surface area contributed by atoms with Crippen molar-refractivity contribution in [2.75, 3.05) is 10.6 Å². The highest BCUT2D eigenvalue weighted by atomic mass is 19.4. The lowest BCUT2D eigenvalue weighted by Gasteiger charge is -2.11. The lowest BCUT2D eigenvalue weighted by atomic mass is 10.1. The van der Waals surface area contributed by atoms with Crippen LogP contribution in [0.15, 0.2) is 54.9 Å². The molecule has 2 aromatic carbocycles. The van der Waals surface area contributed by atoms with Crippen LogP contribution in [0.2, 0.25) is 0 Å². The van der Waals surface area contributed by atoms with Crippen molar-refractivity contribution >= 4 is 28.6 Å². The highest BCUT2D eigenvalue weighted by Crippen LogP contribution is 2.29. The van der Waals surface area contributed by atoms with Gasteiger partial charge in [0, 0.05) is 25.2 Å². The first-order valence-electron chi connectivity index (χ1n) is 9.39. The first-order chi connectivity index (χ1) is 15.3. The standard InChI is InChI=1S/C20H17F3N7O2/c21-20(22,23)14-3-1-2-13(8-14)10-25-19-28-17(16-18(29-19)27-11-26-16)24-9-12-4-6-15(7-5-12)30(31)32/h1-8,11H,9-10H2,(H,31,32)(H3,24,25,26,27,28,29)/q+1. The van der Waals surface area contributed by atoms with E-state index in [0.717, 1.165) is 17.7 Å². The summed E-state index contributed by atoms with van der Waals surface area (Å²) in [6, 6.07) is 11.3. The Morgan fingerprint density at radius 3 is 2.47 bits per heavy atom. The minimum Gasteiger partial charge on any atom is -0.364 e. The Morgan fingerprint density at radius 1 is 1.00 bits per heavy atom. The molecule has 0 aliphatic carbocycles. The van der Waals surface area contributed by atoms with Gasteiger partial charge in [0.2, 0.25) is 5.95 Å². The van der Waals surface area contributed by atoms with Gasteiger partial charge >= 0.3 is 11.9 Å². The topological polar surface area (TPSA) is 119 Å². The fraction of sp³-hybridized carbons (Fsp3) is 0.150. The number of nitrogens with one attached hydrogen (secondary N) is 3. The Morgan fingerprint density at radius 2 is 1.75 bits per heavy atom. The maximum atomic E-state index is 12.9. The van der Waals surface area contributed by atoms with E-state index in [4.69, 9.17) is 5.21 Å². The number of anilines is 2. The molecule has 0 fully saturated rings. The number of rotatable bonds is 7. The molecular weight excluding hydrogens is 427 g/mol. The van der Waals surface area contributed by atoms with Crippen molar-refractivity contribution in [1.29, 1.82) is 0 Å². The monoisotopic (exact) mass is 444 g/mol. The smallest absolute Gasteiger partial charge is 0.364 e. The Hall–Kier alpha value is -4.22. The van der Waals surface area contributed by atoms with Crippen molar-refractivity contribution in [1.82, 2.24) is 19.9 Å². The maximum absolute atomic E-state index is 12.9. The minimum absolute atomic E-state index is 0.0946. The third-order valence-electron chi connectivity index (χ3n) is 4.60. The molecule has 0 aliphatic rings. The molecule has 164 valence electrons. The lowest BCUT2D eigenvalue weighted by Crippen LogP contribution is -2.09. The highest BCUT2D eigenvalue weighted by Gasteiger charge is 2.30. The van der Waals surface area contributed by atoms with Gasteiger partial charge in [0.25, 0.3) is 4.92 Å². The van der Waals surface area contributed by atoms with E-state index in [1.54, 1.807) is 18.2 Å². The quantitative estimate of drug-likeness (QED) is 0.312. The molecule has 4 N–H and O–H groups in total. The highest BCUT2D eigenvalue weighted by molar-refractivity contribution is 5.83. The second-order valence-electron chi connectivity index (χ2n) is 6.84. The van der Waals surface area contributed by atoms with Gasteiger partial charge in [0.1, 0.15) is 5.52 Å². The summed E-state index contributed by atoms with van der Waals surface area (Å²) in [4.78, 5) is 26.4. The molecule has 0 atom stereocenters. The van der Waals surface area contributed by atoms with Gasteiger partial charge in [0.05, 0.1) is 16.8 Å². The van der Waals surface area contributed by atoms with Crippen molar-refractivity contribution in [3.63, 3.8) is 0 Å². The van der Waals surface area contributed by atoms with Crippen LogP contribution in [0.3, 0.4) is 0 Å². The van der Waals surface area contributed by atoms with Gasteiger partial charge in [0.15, 0.2) is 11.5 Å². The molecule has 0 unspecified atom stereocenters.